The minimum Gasteiger partial charge on any atom is -0.274 e. The zero-order valence-electron chi connectivity index (χ0n) is 3.03. The third-order valence-electron chi connectivity index (χ3n) is 0. The Kier molecular flexibility index (Phi) is 14.9. The van der Waals surface area contributed by atoms with Gasteiger partial charge in [0.15, 0.2) is 4.30 Å². The summed E-state index contributed by atoms with van der Waals surface area (Å²) in [7, 11) is -1.42. The van der Waals surface area contributed by atoms with Gasteiger partial charge in [0.25, 0.3) is 0 Å². The second-order valence-corrected chi connectivity index (χ2v) is 2.48. The molecule has 0 saturated heterocycles. The van der Waals surface area contributed by atoms with Crippen molar-refractivity contribution in [1.82, 2.24) is 0 Å². The van der Waals surface area contributed by atoms with Crippen LogP contribution in [0.2, 0.25) is 0 Å². The molecule has 0 rings (SSSR count). The molecule has 0 unspecified atom stereocenters. The van der Waals surface area contributed by atoms with Gasteiger partial charge in [-0.05, 0) is 0 Å². The molecule has 42 valence electrons. The summed E-state index contributed by atoms with van der Waals surface area (Å²) < 4.78 is 16.1. The fourth-order valence-electron chi connectivity index (χ4n) is 0. The summed E-state index contributed by atoms with van der Waals surface area (Å²) in [6.45, 7) is 0. The highest BCUT2D eigenvalue weighted by molar-refractivity contribution is 6.63. The van der Waals surface area contributed by atoms with Gasteiger partial charge in [-0.15, -0.1) is 0 Å². The van der Waals surface area contributed by atoms with Crippen LogP contribution in [0.15, 0.2) is 0 Å². The lowest BCUT2D eigenvalue weighted by Gasteiger charge is -1.69. The van der Waals surface area contributed by atoms with Gasteiger partial charge < -0.3 is 0 Å². The van der Waals surface area contributed by atoms with Crippen molar-refractivity contribution in [3.8, 4) is 0 Å². The van der Waals surface area contributed by atoms with Gasteiger partial charge in [-0.1, -0.05) is 34.8 Å². The minimum atomic E-state index is -1.42. The van der Waals surface area contributed by atoms with Crippen LogP contribution in [0, 0.1) is 0 Å². The Morgan fingerprint density at radius 2 is 1.14 bits per heavy atom. The van der Waals surface area contributed by atoms with E-state index in [1.165, 1.54) is 0 Å². The average Bonchev–Trinajstić information content (AvgIpc) is 1.33. The maximum absolute atomic E-state index is 8.40. The molecule has 0 aliphatic rings. The summed E-state index contributed by atoms with van der Waals surface area (Å²) in [4.78, 5) is 0. The van der Waals surface area contributed by atoms with Crippen molar-refractivity contribution in [2.75, 3.05) is 0 Å². The highest BCUT2D eigenvalue weighted by Gasteiger charge is 1.78. The largest absolute Gasteiger partial charge is 0.549 e. The zero-order valence-corrected chi connectivity index (χ0v) is 6.30. The summed E-state index contributed by atoms with van der Waals surface area (Å²) in [5.74, 6) is 0. The Bertz CT molecular complexity index is 55.2. The van der Waals surface area contributed by atoms with E-state index in [4.69, 9.17) is 43.7 Å². The molecule has 0 aliphatic heterocycles. The normalized spacial score (nSPS) is 6.29. The van der Waals surface area contributed by atoms with Crippen LogP contribution in [-0.4, -0.2) is 13.6 Å². The second-order valence-electron chi connectivity index (χ2n) is 0.331. The minimum absolute atomic E-state index is 0.750. The molecule has 0 saturated carbocycles. The van der Waals surface area contributed by atoms with Crippen molar-refractivity contribution in [3.05, 3.63) is 0 Å². The molecule has 0 spiro atoms. The first-order valence-corrected chi connectivity index (χ1v) is 3.19. The molecule has 0 aromatic heterocycles. The van der Waals surface area contributed by atoms with Crippen LogP contribution in [0.3, 0.4) is 0 Å². The molecule has 7 heavy (non-hydrogen) atoms. The number of halogens is 3. The van der Waals surface area contributed by atoms with Gasteiger partial charge in [-0.25, -0.2) is 0 Å². The van der Waals surface area contributed by atoms with E-state index >= 15 is 0 Å². The van der Waals surface area contributed by atoms with Crippen LogP contribution in [-0.2, 0) is 8.92 Å². The van der Waals surface area contributed by atoms with Crippen LogP contribution in [0.25, 0.3) is 0 Å². The fraction of sp³-hybridized carbons (Fsp3) is 1.00. The summed E-state index contributed by atoms with van der Waals surface area (Å²) in [5, 5.41) is 0. The van der Waals surface area contributed by atoms with Gasteiger partial charge in [-0.3, -0.25) is 8.92 Å². The van der Waals surface area contributed by atoms with Crippen molar-refractivity contribution >= 4 is 44.1 Å². The standard InChI is InChI=1S/CHCl3.O2Si/c2-1(3)4;1-3-2/h1H;. The van der Waals surface area contributed by atoms with Crippen LogP contribution < -0.4 is 0 Å². The number of hydrogen-bond donors (Lipinski definition) is 0. The van der Waals surface area contributed by atoms with Crippen LogP contribution in [0.4, 0.5) is 0 Å². The quantitative estimate of drug-likeness (QED) is 0.416. The van der Waals surface area contributed by atoms with E-state index in [-0.39, 0.29) is 0 Å². The number of alkyl halides is 3. The second kappa shape index (κ2) is 9.84. The molecular formula is CHCl3O2Si. The summed E-state index contributed by atoms with van der Waals surface area (Å²) in [6, 6.07) is 0. The molecule has 0 N–H and O–H groups in total. The third kappa shape index (κ3) is 311. The van der Waals surface area contributed by atoms with Crippen LogP contribution in [0.1, 0.15) is 0 Å². The molecule has 0 heterocycles. The van der Waals surface area contributed by atoms with E-state index in [1.54, 1.807) is 0 Å². The van der Waals surface area contributed by atoms with E-state index in [9.17, 15) is 0 Å². The first-order valence-electron chi connectivity index (χ1n) is 1.06. The summed E-state index contributed by atoms with van der Waals surface area (Å²) in [6.07, 6.45) is 0. The molecule has 2 nitrogen and oxygen atoms in total. The number of hydrogen-bond acceptors (Lipinski definition) is 2. The molecule has 0 atom stereocenters. The predicted molar refractivity (Wildman–Crippen MR) is 28.5 cm³/mol. The van der Waals surface area contributed by atoms with E-state index < -0.39 is 13.6 Å². The molecule has 6 heteroatoms. The third-order valence-corrected chi connectivity index (χ3v) is 0. The van der Waals surface area contributed by atoms with Gasteiger partial charge in [0.2, 0.25) is 0 Å². The van der Waals surface area contributed by atoms with E-state index in [0.717, 1.165) is 0 Å². The summed E-state index contributed by atoms with van der Waals surface area (Å²) >= 11 is 14.4. The molecule has 0 aromatic carbocycles. The van der Waals surface area contributed by atoms with E-state index in [2.05, 4.69) is 0 Å². The lowest BCUT2D eigenvalue weighted by Crippen LogP contribution is -1.55. The average molecular weight is 179 g/mol. The van der Waals surface area contributed by atoms with Crippen LogP contribution in [0.5, 0.6) is 0 Å². The molecule has 0 amide bonds. The molecule has 0 aromatic rings. The first kappa shape index (κ1) is 10.6. The van der Waals surface area contributed by atoms with Crippen LogP contribution >= 0.6 is 34.8 Å². The van der Waals surface area contributed by atoms with Gasteiger partial charge >= 0.3 is 9.29 Å². The highest BCUT2D eigenvalue weighted by Crippen LogP contribution is 2.03. The molecule has 0 radical (unpaired) electrons. The smallest absolute Gasteiger partial charge is 0.274 e. The summed E-state index contributed by atoms with van der Waals surface area (Å²) in [5.41, 5.74) is 0. The maximum Gasteiger partial charge on any atom is 0.549 e. The number of rotatable bonds is 0. The molecule has 0 fully saturated rings. The Balaban J connectivity index is 0. The SMILES string of the molecule is ClC(Cl)Cl.O=[Si]=O. The van der Waals surface area contributed by atoms with Crippen molar-refractivity contribution in [2.45, 2.75) is 4.30 Å². The molecule has 0 bridgehead atoms. The highest BCUT2D eigenvalue weighted by atomic mass is 35.6. The zero-order chi connectivity index (χ0) is 6.28. The predicted octanol–water partition coefficient (Wildman–Crippen LogP) is 1.37. The van der Waals surface area contributed by atoms with E-state index in [1.807, 2.05) is 0 Å². The van der Waals surface area contributed by atoms with Crippen molar-refractivity contribution < 1.29 is 8.92 Å². The van der Waals surface area contributed by atoms with Gasteiger partial charge in [0.1, 0.15) is 0 Å². The lowest BCUT2D eigenvalue weighted by molar-refractivity contribution is 0.497. The van der Waals surface area contributed by atoms with Crippen molar-refractivity contribution in [2.24, 2.45) is 0 Å². The van der Waals surface area contributed by atoms with Crippen molar-refractivity contribution in [3.63, 3.8) is 0 Å². The Morgan fingerprint density at radius 3 is 1.14 bits per heavy atom. The molecular weight excluding hydrogens is 178 g/mol. The first-order chi connectivity index (χ1) is 3.15. The van der Waals surface area contributed by atoms with Gasteiger partial charge in [-0.2, -0.15) is 0 Å². The van der Waals surface area contributed by atoms with Crippen molar-refractivity contribution in [1.29, 1.82) is 0 Å². The molecule has 0 aliphatic carbocycles. The Labute approximate surface area is 57.7 Å². The monoisotopic (exact) mass is 178 g/mol. The van der Waals surface area contributed by atoms with Gasteiger partial charge in [0.05, 0.1) is 0 Å². The Morgan fingerprint density at radius 1 is 1.14 bits per heavy atom. The maximum atomic E-state index is 8.40. The van der Waals surface area contributed by atoms with Gasteiger partial charge in [0, 0.05) is 0 Å². The Hall–Kier alpha value is 0.687. The topological polar surface area (TPSA) is 34.1 Å². The fourth-order valence-corrected chi connectivity index (χ4v) is 0. The lowest BCUT2D eigenvalue weighted by atomic mass is 11.9. The van der Waals surface area contributed by atoms with E-state index in [0.29, 0.717) is 0 Å².